The molecular formula is C14H18O4. The van der Waals surface area contributed by atoms with Crippen LogP contribution in [0.1, 0.15) is 42.1 Å². The second-order valence-electron chi connectivity index (χ2n) is 6.21. The largest absolute Gasteiger partial charge is 0.458 e. The first-order valence-electron chi connectivity index (χ1n) is 6.31. The van der Waals surface area contributed by atoms with Gasteiger partial charge in [-0.1, -0.05) is 0 Å². The maximum atomic E-state index is 12.5. The summed E-state index contributed by atoms with van der Waals surface area (Å²) in [5.41, 5.74) is -0.984. The average Bonchev–Trinajstić information content (AvgIpc) is 2.90. The van der Waals surface area contributed by atoms with Gasteiger partial charge in [0.05, 0.1) is 17.1 Å². The van der Waals surface area contributed by atoms with Crippen LogP contribution < -0.4 is 0 Å². The Labute approximate surface area is 106 Å². The molecule has 0 amide bonds. The van der Waals surface area contributed by atoms with Gasteiger partial charge in [0.1, 0.15) is 5.76 Å². The van der Waals surface area contributed by atoms with Crippen LogP contribution in [-0.2, 0) is 6.42 Å². The van der Waals surface area contributed by atoms with E-state index in [9.17, 15) is 15.0 Å². The van der Waals surface area contributed by atoms with Crippen LogP contribution in [0, 0.1) is 18.3 Å². The van der Waals surface area contributed by atoms with Gasteiger partial charge < -0.3 is 14.6 Å². The summed E-state index contributed by atoms with van der Waals surface area (Å²) in [4.78, 5) is 12.5. The molecule has 1 aromatic rings. The third-order valence-electron chi connectivity index (χ3n) is 4.43. The highest BCUT2D eigenvalue weighted by atomic mass is 16.4. The Balaban J connectivity index is 2.03. The maximum Gasteiger partial charge on any atom is 0.207 e. The number of carbonyl (C=O) groups excluding carboxylic acids is 1. The van der Waals surface area contributed by atoms with Crippen LogP contribution in [0.5, 0.6) is 0 Å². The van der Waals surface area contributed by atoms with Crippen molar-refractivity contribution in [1.82, 2.24) is 0 Å². The zero-order chi connectivity index (χ0) is 13.3. The summed E-state index contributed by atoms with van der Waals surface area (Å²) in [7, 11) is 0. The molecule has 4 nitrogen and oxygen atoms in total. The lowest BCUT2D eigenvalue weighted by atomic mass is 9.77. The van der Waals surface area contributed by atoms with Gasteiger partial charge in [0.2, 0.25) is 5.78 Å². The van der Waals surface area contributed by atoms with E-state index in [0.29, 0.717) is 24.4 Å². The molecule has 0 radical (unpaired) electrons. The predicted molar refractivity (Wildman–Crippen MR) is 64.3 cm³/mol. The van der Waals surface area contributed by atoms with E-state index in [4.69, 9.17) is 4.42 Å². The topological polar surface area (TPSA) is 70.7 Å². The molecule has 3 rings (SSSR count). The number of Topliss-reactive ketones (excluding diaryl/α,β-unsaturated/α-hetero) is 1. The molecule has 1 aromatic heterocycles. The molecule has 3 unspecified atom stereocenters. The fourth-order valence-electron chi connectivity index (χ4n) is 3.44. The molecule has 18 heavy (non-hydrogen) atoms. The quantitative estimate of drug-likeness (QED) is 0.791. The average molecular weight is 250 g/mol. The normalized spacial score (nSPS) is 34.8. The van der Waals surface area contributed by atoms with Crippen molar-refractivity contribution in [2.45, 2.75) is 45.3 Å². The van der Waals surface area contributed by atoms with Gasteiger partial charge in [-0.2, -0.15) is 0 Å². The minimum Gasteiger partial charge on any atom is -0.458 e. The number of ketones is 1. The Morgan fingerprint density at radius 2 is 2.17 bits per heavy atom. The van der Waals surface area contributed by atoms with E-state index in [-0.39, 0.29) is 11.7 Å². The standard InChI is InChI=1S/C14H18O4/c1-7-4-8-5-10(15)14(12(16)11(8)18-7)6-9(14)13(2,3)17/h4,9-10,15,17H,5-6H2,1-3H3. The SMILES string of the molecule is Cc1cc2c(o1)C(=O)C1(CC1C(C)(C)O)C(O)C2. The summed E-state index contributed by atoms with van der Waals surface area (Å²) in [6, 6.07) is 1.81. The van der Waals surface area contributed by atoms with Crippen molar-refractivity contribution in [3.63, 3.8) is 0 Å². The maximum absolute atomic E-state index is 12.5. The van der Waals surface area contributed by atoms with E-state index in [0.717, 1.165) is 5.56 Å². The van der Waals surface area contributed by atoms with Gasteiger partial charge in [0.15, 0.2) is 5.76 Å². The number of aryl methyl sites for hydroxylation is 1. The van der Waals surface area contributed by atoms with Crippen LogP contribution in [0.15, 0.2) is 10.5 Å². The molecule has 1 spiro atoms. The second-order valence-corrected chi connectivity index (χ2v) is 6.21. The van der Waals surface area contributed by atoms with Crippen molar-refractivity contribution >= 4 is 5.78 Å². The molecule has 0 bridgehead atoms. The van der Waals surface area contributed by atoms with Crippen molar-refractivity contribution in [2.75, 3.05) is 0 Å². The highest BCUT2D eigenvalue weighted by Gasteiger charge is 2.70. The Bertz CT molecular complexity index is 522. The van der Waals surface area contributed by atoms with Gasteiger partial charge in [0, 0.05) is 17.9 Å². The van der Waals surface area contributed by atoms with E-state index < -0.39 is 17.1 Å². The minimum absolute atomic E-state index is 0.142. The molecule has 1 saturated carbocycles. The molecule has 0 aliphatic heterocycles. The van der Waals surface area contributed by atoms with Crippen LogP contribution in [0.25, 0.3) is 0 Å². The number of aliphatic hydroxyl groups is 2. The van der Waals surface area contributed by atoms with Gasteiger partial charge in [-0.05, 0) is 33.3 Å². The molecule has 4 heteroatoms. The van der Waals surface area contributed by atoms with Crippen molar-refractivity contribution < 1.29 is 19.4 Å². The summed E-state index contributed by atoms with van der Waals surface area (Å²) in [6.45, 7) is 5.18. The number of furan rings is 1. The van der Waals surface area contributed by atoms with Gasteiger partial charge in [-0.15, -0.1) is 0 Å². The molecule has 98 valence electrons. The van der Waals surface area contributed by atoms with Gasteiger partial charge in [-0.3, -0.25) is 4.79 Å². The van der Waals surface area contributed by atoms with E-state index in [2.05, 4.69) is 0 Å². The van der Waals surface area contributed by atoms with Crippen LogP contribution in [0.3, 0.4) is 0 Å². The molecule has 3 atom stereocenters. The number of hydrogen-bond donors (Lipinski definition) is 2. The summed E-state index contributed by atoms with van der Waals surface area (Å²) in [6.07, 6.45) is 0.256. The van der Waals surface area contributed by atoms with Crippen LogP contribution in [0.4, 0.5) is 0 Å². The van der Waals surface area contributed by atoms with Crippen molar-refractivity contribution in [1.29, 1.82) is 0 Å². The summed E-state index contributed by atoms with van der Waals surface area (Å²) in [5, 5.41) is 20.4. The van der Waals surface area contributed by atoms with Crippen molar-refractivity contribution in [3.8, 4) is 0 Å². The second kappa shape index (κ2) is 3.25. The number of fused-ring (bicyclic) bond motifs is 1. The Hall–Kier alpha value is -1.13. The summed E-state index contributed by atoms with van der Waals surface area (Å²) < 4.78 is 5.46. The fraction of sp³-hybridized carbons (Fsp3) is 0.643. The molecule has 2 N–H and O–H groups in total. The monoisotopic (exact) mass is 250 g/mol. The van der Waals surface area contributed by atoms with Crippen LogP contribution in [-0.4, -0.2) is 27.7 Å². The Morgan fingerprint density at radius 3 is 2.72 bits per heavy atom. The first-order chi connectivity index (χ1) is 8.26. The summed E-state index contributed by atoms with van der Waals surface area (Å²) in [5.74, 6) is 0.741. The Morgan fingerprint density at radius 1 is 1.50 bits per heavy atom. The first-order valence-corrected chi connectivity index (χ1v) is 6.31. The molecule has 0 aromatic carbocycles. The first kappa shape index (κ1) is 11.9. The molecule has 0 saturated heterocycles. The van der Waals surface area contributed by atoms with E-state index in [1.54, 1.807) is 20.8 Å². The van der Waals surface area contributed by atoms with E-state index >= 15 is 0 Å². The minimum atomic E-state index is -0.949. The zero-order valence-electron chi connectivity index (χ0n) is 10.9. The molecule has 1 fully saturated rings. The highest BCUT2D eigenvalue weighted by molar-refractivity contribution is 6.03. The molecular weight excluding hydrogens is 232 g/mol. The predicted octanol–water partition coefficient (Wildman–Crippen LogP) is 1.46. The van der Waals surface area contributed by atoms with Crippen LogP contribution >= 0.6 is 0 Å². The van der Waals surface area contributed by atoms with E-state index in [1.807, 2.05) is 6.07 Å². The van der Waals surface area contributed by atoms with Gasteiger partial charge in [-0.25, -0.2) is 0 Å². The Kier molecular flexibility index (Phi) is 2.15. The lowest BCUT2D eigenvalue weighted by molar-refractivity contribution is 0.00587. The third kappa shape index (κ3) is 1.36. The number of rotatable bonds is 1. The number of carbonyl (C=O) groups is 1. The molecule has 2 aliphatic carbocycles. The van der Waals surface area contributed by atoms with Crippen molar-refractivity contribution in [2.24, 2.45) is 11.3 Å². The van der Waals surface area contributed by atoms with Gasteiger partial charge in [0.25, 0.3) is 0 Å². The summed E-state index contributed by atoms with van der Waals surface area (Å²) >= 11 is 0. The number of hydrogen-bond acceptors (Lipinski definition) is 4. The molecule has 1 heterocycles. The van der Waals surface area contributed by atoms with Crippen molar-refractivity contribution in [3.05, 3.63) is 23.2 Å². The highest BCUT2D eigenvalue weighted by Crippen LogP contribution is 2.63. The molecule has 2 aliphatic rings. The lowest BCUT2D eigenvalue weighted by Crippen LogP contribution is -2.42. The fourth-order valence-corrected chi connectivity index (χ4v) is 3.44. The number of aliphatic hydroxyl groups excluding tert-OH is 1. The third-order valence-corrected chi connectivity index (χ3v) is 4.43. The zero-order valence-corrected chi connectivity index (χ0v) is 10.9. The van der Waals surface area contributed by atoms with Crippen LogP contribution in [0.2, 0.25) is 0 Å². The van der Waals surface area contributed by atoms with E-state index in [1.165, 1.54) is 0 Å². The lowest BCUT2D eigenvalue weighted by Gasteiger charge is -2.30. The van der Waals surface area contributed by atoms with Gasteiger partial charge >= 0.3 is 0 Å². The smallest absolute Gasteiger partial charge is 0.207 e.